The van der Waals surface area contributed by atoms with E-state index < -0.39 is 0 Å². The molecule has 0 unspecified atom stereocenters. The first-order valence-corrected chi connectivity index (χ1v) is 12.0. The summed E-state index contributed by atoms with van der Waals surface area (Å²) in [4.78, 5) is 8.91. The van der Waals surface area contributed by atoms with Crippen molar-refractivity contribution in [1.82, 2.24) is 29.9 Å². The van der Waals surface area contributed by atoms with E-state index in [0.717, 1.165) is 46.2 Å². The predicted octanol–water partition coefficient (Wildman–Crippen LogP) is 5.78. The molecule has 0 radical (unpaired) electrons. The van der Waals surface area contributed by atoms with Crippen LogP contribution < -0.4 is 0 Å². The van der Waals surface area contributed by atoms with Gasteiger partial charge >= 0.3 is 0 Å². The minimum Gasteiger partial charge on any atom is -0.337 e. The molecule has 1 aliphatic rings. The quantitative estimate of drug-likeness (QED) is 0.314. The minimum absolute atomic E-state index is 0.293. The zero-order valence-electron chi connectivity index (χ0n) is 18.8. The molecule has 8 heteroatoms. The second kappa shape index (κ2) is 8.22. The van der Waals surface area contributed by atoms with Crippen LogP contribution in [0.3, 0.4) is 0 Å². The predicted molar refractivity (Wildman–Crippen MR) is 131 cm³/mol. The van der Waals surface area contributed by atoms with Gasteiger partial charge in [0.25, 0.3) is 0 Å². The van der Waals surface area contributed by atoms with E-state index in [4.69, 9.17) is 9.51 Å². The number of benzene rings is 2. The molecule has 3 heterocycles. The normalized spacial score (nSPS) is 14.3. The van der Waals surface area contributed by atoms with Crippen molar-refractivity contribution in [3.8, 4) is 28.5 Å². The Labute approximate surface area is 201 Å². The van der Waals surface area contributed by atoms with Crippen molar-refractivity contribution in [2.24, 2.45) is 0 Å². The number of thioether (sulfide) groups is 1. The highest BCUT2D eigenvalue weighted by atomic mass is 32.2. The Kier molecular flexibility index (Phi) is 5.03. The topological polar surface area (TPSA) is 82.5 Å². The number of pyridine rings is 1. The number of nitrogens with zero attached hydrogens (tertiary/aromatic N) is 6. The zero-order valence-corrected chi connectivity index (χ0v) is 19.7. The highest BCUT2D eigenvalue weighted by Crippen LogP contribution is 2.59. The fourth-order valence-electron chi connectivity index (χ4n) is 3.93. The fraction of sp³-hybridized carbons (Fsp3) is 0.192. The molecule has 1 saturated carbocycles. The molecule has 3 aromatic heterocycles. The second-order valence-corrected chi connectivity index (χ2v) is 9.90. The lowest BCUT2D eigenvalue weighted by Gasteiger charge is -2.15. The molecule has 6 rings (SSSR count). The third-order valence-corrected chi connectivity index (χ3v) is 7.46. The van der Waals surface area contributed by atoms with Crippen LogP contribution in [0.2, 0.25) is 0 Å². The summed E-state index contributed by atoms with van der Waals surface area (Å²) in [5.41, 5.74) is 5.29. The van der Waals surface area contributed by atoms with E-state index >= 15 is 0 Å². The van der Waals surface area contributed by atoms with Crippen molar-refractivity contribution < 1.29 is 4.52 Å². The van der Waals surface area contributed by atoms with Crippen LogP contribution in [0, 0.1) is 13.8 Å². The van der Waals surface area contributed by atoms with Crippen LogP contribution in [-0.2, 0) is 4.75 Å². The van der Waals surface area contributed by atoms with Crippen LogP contribution in [0.1, 0.15) is 29.9 Å². The number of aryl methyl sites for hydroxylation is 2. The van der Waals surface area contributed by atoms with Gasteiger partial charge in [0.1, 0.15) is 4.75 Å². The Bertz CT molecular complexity index is 1450. The summed E-state index contributed by atoms with van der Waals surface area (Å²) < 4.78 is 7.59. The monoisotopic (exact) mass is 466 g/mol. The summed E-state index contributed by atoms with van der Waals surface area (Å²) in [5, 5.41) is 14.2. The molecule has 0 bridgehead atoms. The molecule has 2 aromatic carbocycles. The first kappa shape index (κ1) is 20.8. The molecule has 0 N–H and O–H groups in total. The van der Waals surface area contributed by atoms with Crippen LogP contribution in [-0.4, -0.2) is 29.9 Å². The van der Waals surface area contributed by atoms with Gasteiger partial charge in [0, 0.05) is 23.5 Å². The van der Waals surface area contributed by atoms with E-state index in [2.05, 4.69) is 63.0 Å². The molecule has 34 heavy (non-hydrogen) atoms. The Morgan fingerprint density at radius 2 is 1.65 bits per heavy atom. The third-order valence-electron chi connectivity index (χ3n) is 6.04. The lowest BCUT2D eigenvalue weighted by molar-refractivity contribution is 0.373. The third kappa shape index (κ3) is 3.70. The first-order chi connectivity index (χ1) is 16.6. The van der Waals surface area contributed by atoms with Gasteiger partial charge in [-0.1, -0.05) is 64.9 Å². The molecule has 1 fully saturated rings. The molecule has 0 saturated heterocycles. The summed E-state index contributed by atoms with van der Waals surface area (Å²) in [7, 11) is 0. The van der Waals surface area contributed by atoms with Gasteiger partial charge in [-0.2, -0.15) is 4.98 Å². The van der Waals surface area contributed by atoms with Crippen molar-refractivity contribution >= 4 is 11.8 Å². The van der Waals surface area contributed by atoms with E-state index in [-0.39, 0.29) is 4.75 Å². The van der Waals surface area contributed by atoms with Crippen molar-refractivity contribution in [2.75, 3.05) is 0 Å². The number of para-hydroxylation sites is 1. The Morgan fingerprint density at radius 1 is 0.882 bits per heavy atom. The number of hydrogen-bond donors (Lipinski definition) is 0. The van der Waals surface area contributed by atoms with E-state index in [1.807, 2.05) is 36.4 Å². The van der Waals surface area contributed by atoms with E-state index in [0.29, 0.717) is 11.7 Å². The summed E-state index contributed by atoms with van der Waals surface area (Å²) in [6, 6.07) is 20.3. The Hall–Kier alpha value is -3.78. The van der Waals surface area contributed by atoms with E-state index in [1.165, 1.54) is 5.56 Å². The highest BCUT2D eigenvalue weighted by Gasteiger charge is 2.52. The van der Waals surface area contributed by atoms with Crippen molar-refractivity contribution in [3.63, 3.8) is 0 Å². The van der Waals surface area contributed by atoms with E-state index in [9.17, 15) is 0 Å². The molecule has 168 valence electrons. The molecule has 1 aliphatic carbocycles. The van der Waals surface area contributed by atoms with Gasteiger partial charge < -0.3 is 4.52 Å². The maximum atomic E-state index is 5.76. The minimum atomic E-state index is -0.293. The standard InChI is InChI=1S/C26H22N6OS/c1-17-7-9-19(10-8-17)22-28-24(33-31-22)26(13-14-26)34-25-30-29-23(20-11-15-27-16-12-20)32(25)21-6-4-3-5-18(21)2/h3-12,15-16H,13-14H2,1-2H3. The maximum absolute atomic E-state index is 5.76. The van der Waals surface area contributed by atoms with Crippen LogP contribution >= 0.6 is 11.8 Å². The van der Waals surface area contributed by atoms with Gasteiger partial charge in [0.05, 0.1) is 5.69 Å². The SMILES string of the molecule is Cc1ccc(-c2noc(C3(Sc4nnc(-c5ccncc5)n4-c4ccccc4C)CC3)n2)cc1. The van der Waals surface area contributed by atoms with Crippen LogP contribution in [0.15, 0.2) is 82.7 Å². The lowest BCUT2D eigenvalue weighted by atomic mass is 10.1. The zero-order chi connectivity index (χ0) is 23.1. The maximum Gasteiger partial charge on any atom is 0.243 e. The van der Waals surface area contributed by atoms with Crippen LogP contribution in [0.4, 0.5) is 0 Å². The molecular weight excluding hydrogens is 444 g/mol. The molecule has 0 aliphatic heterocycles. The molecule has 0 atom stereocenters. The average Bonchev–Trinajstić information content (AvgIpc) is 3.27. The number of aromatic nitrogens is 6. The smallest absolute Gasteiger partial charge is 0.243 e. The van der Waals surface area contributed by atoms with Crippen molar-refractivity contribution in [2.45, 2.75) is 36.6 Å². The molecule has 5 aromatic rings. The Morgan fingerprint density at radius 3 is 2.38 bits per heavy atom. The average molecular weight is 467 g/mol. The van der Waals surface area contributed by atoms with Gasteiger partial charge in [-0.25, -0.2) is 0 Å². The van der Waals surface area contributed by atoms with Gasteiger partial charge in [-0.3, -0.25) is 9.55 Å². The molecule has 0 spiro atoms. The molecule has 7 nitrogen and oxygen atoms in total. The van der Waals surface area contributed by atoms with E-state index in [1.54, 1.807) is 24.2 Å². The molecule has 0 amide bonds. The van der Waals surface area contributed by atoms with Gasteiger partial charge in [-0.15, -0.1) is 10.2 Å². The number of hydrogen-bond acceptors (Lipinski definition) is 7. The van der Waals surface area contributed by atoms with Gasteiger partial charge in [0.2, 0.25) is 11.7 Å². The van der Waals surface area contributed by atoms with Gasteiger partial charge in [-0.05, 0) is 50.5 Å². The fourth-order valence-corrected chi connectivity index (χ4v) is 5.12. The number of rotatable bonds is 6. The summed E-state index contributed by atoms with van der Waals surface area (Å²) in [6.07, 6.45) is 5.43. The van der Waals surface area contributed by atoms with Crippen LogP contribution in [0.25, 0.3) is 28.5 Å². The Balaban J connectivity index is 1.39. The van der Waals surface area contributed by atoms with Crippen molar-refractivity contribution in [1.29, 1.82) is 0 Å². The summed E-state index contributed by atoms with van der Waals surface area (Å²) >= 11 is 1.64. The second-order valence-electron chi connectivity index (χ2n) is 8.55. The summed E-state index contributed by atoms with van der Waals surface area (Å²) in [6.45, 7) is 4.16. The summed E-state index contributed by atoms with van der Waals surface area (Å²) in [5.74, 6) is 2.03. The van der Waals surface area contributed by atoms with Gasteiger partial charge in [0.15, 0.2) is 11.0 Å². The molecular formula is C26H22N6OS. The highest BCUT2D eigenvalue weighted by molar-refractivity contribution is 8.00. The first-order valence-electron chi connectivity index (χ1n) is 11.2. The van der Waals surface area contributed by atoms with Crippen LogP contribution in [0.5, 0.6) is 0 Å². The van der Waals surface area contributed by atoms with Crippen molar-refractivity contribution in [3.05, 3.63) is 90.1 Å². The largest absolute Gasteiger partial charge is 0.337 e. The lowest BCUT2D eigenvalue weighted by Crippen LogP contribution is -2.07.